The van der Waals surface area contributed by atoms with Gasteiger partial charge in [-0.15, -0.1) is 0 Å². The zero-order chi connectivity index (χ0) is 29.3. The molecule has 214 valence electrons. The normalized spacial score (nSPS) is 12.0. The van der Waals surface area contributed by atoms with Crippen LogP contribution in [0.1, 0.15) is 30.9 Å². The molecule has 0 radical (unpaired) electrons. The van der Waals surface area contributed by atoms with Crippen LogP contribution in [-0.2, 0) is 32.6 Å². The van der Waals surface area contributed by atoms with E-state index in [4.69, 9.17) is 23.2 Å². The van der Waals surface area contributed by atoms with Crippen LogP contribution < -0.4 is 9.62 Å². The number of carbonyl (C=O) groups is 2. The topological polar surface area (TPSA) is 86.8 Å². The monoisotopic (exact) mass is 607 g/mol. The third kappa shape index (κ3) is 8.68. The second-order valence-electron chi connectivity index (χ2n) is 9.32. The Labute approximate surface area is 244 Å². The smallest absolute Gasteiger partial charge is 0.244 e. The van der Waals surface area contributed by atoms with Crippen molar-refractivity contribution in [1.82, 2.24) is 10.2 Å². The largest absolute Gasteiger partial charge is 0.354 e. The molecule has 0 aliphatic heterocycles. The van der Waals surface area contributed by atoms with E-state index < -0.39 is 40.2 Å². The van der Waals surface area contributed by atoms with Gasteiger partial charge in [0, 0.05) is 35.1 Å². The molecule has 40 heavy (non-hydrogen) atoms. The molecule has 11 heteroatoms. The lowest BCUT2D eigenvalue weighted by atomic mass is 10.0. The van der Waals surface area contributed by atoms with Gasteiger partial charge in [0.05, 0.1) is 11.9 Å². The minimum absolute atomic E-state index is 0.0152. The molecule has 0 aliphatic rings. The molecule has 0 aromatic heterocycles. The quantitative estimate of drug-likeness (QED) is 0.262. The van der Waals surface area contributed by atoms with Gasteiger partial charge < -0.3 is 10.2 Å². The summed E-state index contributed by atoms with van der Waals surface area (Å²) in [6.45, 7) is 1.58. The predicted molar refractivity (Wildman–Crippen MR) is 157 cm³/mol. The molecule has 7 nitrogen and oxygen atoms in total. The van der Waals surface area contributed by atoms with Gasteiger partial charge in [-0.1, -0.05) is 79.0 Å². The average molecular weight is 609 g/mol. The summed E-state index contributed by atoms with van der Waals surface area (Å²) in [4.78, 5) is 28.9. The molecule has 0 bridgehead atoms. The van der Waals surface area contributed by atoms with Crippen molar-refractivity contribution in [3.63, 3.8) is 0 Å². The van der Waals surface area contributed by atoms with Gasteiger partial charge in [0.2, 0.25) is 21.8 Å². The number of sulfonamides is 1. The number of benzene rings is 3. The lowest BCUT2D eigenvalue weighted by Gasteiger charge is -2.34. The van der Waals surface area contributed by atoms with Crippen LogP contribution in [-0.4, -0.2) is 50.5 Å². The fraction of sp³-hybridized carbons (Fsp3) is 0.310. The molecular weight excluding hydrogens is 576 g/mol. The molecule has 2 amide bonds. The lowest BCUT2D eigenvalue weighted by molar-refractivity contribution is -0.140. The molecule has 0 heterocycles. The number of carbonyl (C=O) groups excluding carboxylic acids is 2. The molecule has 3 aromatic carbocycles. The summed E-state index contributed by atoms with van der Waals surface area (Å²) in [6, 6.07) is 18.0. The number of anilines is 1. The van der Waals surface area contributed by atoms with Gasteiger partial charge in [0.1, 0.15) is 18.4 Å². The standard InChI is InChI=1S/C29H32Cl2FN3O4S/c1-3-4-16-33-29(37)27(17-21-10-6-5-7-11-21)34(19-24-25(30)14-9-15-26(24)31)28(36)20-35(40(2,38)39)23-13-8-12-22(32)18-23/h5-15,18,27H,3-4,16-17,19-20H2,1-2H3,(H,33,37)/t27-/m0/s1. The Morgan fingerprint density at radius 1 is 0.975 bits per heavy atom. The number of unbranched alkanes of at least 4 members (excludes halogenated alkanes) is 1. The first-order chi connectivity index (χ1) is 19.0. The van der Waals surface area contributed by atoms with Crippen LogP contribution in [0.25, 0.3) is 0 Å². The maximum absolute atomic E-state index is 14.0. The second-order valence-corrected chi connectivity index (χ2v) is 12.0. The number of amides is 2. The van der Waals surface area contributed by atoms with Gasteiger partial charge in [0.15, 0.2) is 0 Å². The van der Waals surface area contributed by atoms with Crippen LogP contribution in [0.2, 0.25) is 10.0 Å². The first-order valence-electron chi connectivity index (χ1n) is 12.8. The van der Waals surface area contributed by atoms with E-state index in [-0.39, 0.29) is 18.7 Å². The molecule has 0 fully saturated rings. The van der Waals surface area contributed by atoms with E-state index in [0.717, 1.165) is 35.0 Å². The van der Waals surface area contributed by atoms with Crippen molar-refractivity contribution >= 4 is 50.7 Å². The fourth-order valence-electron chi connectivity index (χ4n) is 4.16. The summed E-state index contributed by atoms with van der Waals surface area (Å²) in [5, 5.41) is 3.48. The fourth-order valence-corrected chi connectivity index (χ4v) is 5.52. The minimum Gasteiger partial charge on any atom is -0.354 e. The molecule has 3 rings (SSSR count). The van der Waals surface area contributed by atoms with Crippen molar-refractivity contribution in [3.05, 3.63) is 99.8 Å². The molecular formula is C29H32Cl2FN3O4S. The molecule has 1 atom stereocenters. The second kappa shape index (κ2) is 14.5. The highest BCUT2D eigenvalue weighted by molar-refractivity contribution is 7.92. The molecule has 0 saturated carbocycles. The van der Waals surface area contributed by atoms with Crippen molar-refractivity contribution < 1.29 is 22.4 Å². The Bertz CT molecular complexity index is 1400. The zero-order valence-electron chi connectivity index (χ0n) is 22.3. The van der Waals surface area contributed by atoms with Crippen molar-refractivity contribution in [2.45, 2.75) is 38.8 Å². The molecule has 0 saturated heterocycles. The van der Waals surface area contributed by atoms with E-state index >= 15 is 0 Å². The summed E-state index contributed by atoms with van der Waals surface area (Å²) in [5.41, 5.74) is 1.19. The number of halogens is 3. The molecule has 0 aliphatic carbocycles. The third-order valence-electron chi connectivity index (χ3n) is 6.27. The Kier molecular flexibility index (Phi) is 11.4. The first kappa shape index (κ1) is 31.4. The van der Waals surface area contributed by atoms with Crippen molar-refractivity contribution in [2.24, 2.45) is 0 Å². The van der Waals surface area contributed by atoms with E-state index in [1.807, 2.05) is 37.3 Å². The minimum atomic E-state index is -4.01. The summed E-state index contributed by atoms with van der Waals surface area (Å²) >= 11 is 12.9. The van der Waals surface area contributed by atoms with Gasteiger partial charge in [-0.25, -0.2) is 12.8 Å². The van der Waals surface area contributed by atoms with E-state index in [1.54, 1.807) is 18.2 Å². The maximum atomic E-state index is 14.0. The number of rotatable bonds is 13. The van der Waals surface area contributed by atoms with Gasteiger partial charge >= 0.3 is 0 Å². The van der Waals surface area contributed by atoms with E-state index in [9.17, 15) is 22.4 Å². The van der Waals surface area contributed by atoms with Crippen LogP contribution in [0.4, 0.5) is 10.1 Å². The van der Waals surface area contributed by atoms with E-state index in [2.05, 4.69) is 5.32 Å². The Morgan fingerprint density at radius 3 is 2.23 bits per heavy atom. The van der Waals surface area contributed by atoms with Gasteiger partial charge in [-0.05, 0) is 42.3 Å². The van der Waals surface area contributed by atoms with E-state index in [1.165, 1.54) is 23.1 Å². The molecule has 0 unspecified atom stereocenters. The number of hydrogen-bond donors (Lipinski definition) is 1. The predicted octanol–water partition coefficient (Wildman–Crippen LogP) is 5.45. The number of hydrogen-bond acceptors (Lipinski definition) is 4. The summed E-state index contributed by atoms with van der Waals surface area (Å²) in [7, 11) is -4.01. The van der Waals surface area contributed by atoms with Crippen molar-refractivity contribution in [3.8, 4) is 0 Å². The van der Waals surface area contributed by atoms with Crippen LogP contribution in [0, 0.1) is 5.82 Å². The Morgan fingerprint density at radius 2 is 1.62 bits per heavy atom. The highest BCUT2D eigenvalue weighted by Gasteiger charge is 2.33. The molecule has 3 aromatic rings. The highest BCUT2D eigenvalue weighted by Crippen LogP contribution is 2.28. The van der Waals surface area contributed by atoms with E-state index in [0.29, 0.717) is 22.2 Å². The van der Waals surface area contributed by atoms with Crippen LogP contribution in [0.3, 0.4) is 0 Å². The highest BCUT2D eigenvalue weighted by atomic mass is 35.5. The zero-order valence-corrected chi connectivity index (χ0v) is 24.6. The van der Waals surface area contributed by atoms with Gasteiger partial charge in [-0.3, -0.25) is 13.9 Å². The third-order valence-corrected chi connectivity index (χ3v) is 8.11. The summed E-state index contributed by atoms with van der Waals surface area (Å²) < 4.78 is 40.3. The average Bonchev–Trinajstić information content (AvgIpc) is 2.90. The Hall–Kier alpha value is -3.14. The molecule has 1 N–H and O–H groups in total. The number of nitrogens with one attached hydrogen (secondary N) is 1. The van der Waals surface area contributed by atoms with Crippen LogP contribution in [0.15, 0.2) is 72.8 Å². The maximum Gasteiger partial charge on any atom is 0.244 e. The van der Waals surface area contributed by atoms with Crippen molar-refractivity contribution in [2.75, 3.05) is 23.7 Å². The molecule has 0 spiro atoms. The van der Waals surface area contributed by atoms with Gasteiger partial charge in [0.25, 0.3) is 0 Å². The van der Waals surface area contributed by atoms with Crippen LogP contribution >= 0.6 is 23.2 Å². The Balaban J connectivity index is 2.08. The first-order valence-corrected chi connectivity index (χ1v) is 15.4. The lowest BCUT2D eigenvalue weighted by Crippen LogP contribution is -2.53. The van der Waals surface area contributed by atoms with Crippen LogP contribution in [0.5, 0.6) is 0 Å². The van der Waals surface area contributed by atoms with Crippen molar-refractivity contribution in [1.29, 1.82) is 0 Å². The van der Waals surface area contributed by atoms with Gasteiger partial charge in [-0.2, -0.15) is 0 Å². The summed E-state index contributed by atoms with van der Waals surface area (Å²) in [6.07, 6.45) is 2.69. The SMILES string of the molecule is CCCCNC(=O)[C@H](Cc1ccccc1)N(Cc1c(Cl)cccc1Cl)C(=O)CN(c1cccc(F)c1)S(C)(=O)=O. The number of nitrogens with zero attached hydrogens (tertiary/aromatic N) is 2. The summed E-state index contributed by atoms with van der Waals surface area (Å²) in [5.74, 6) is -1.74.